The van der Waals surface area contributed by atoms with Crippen LogP contribution in [0.3, 0.4) is 0 Å². The summed E-state index contributed by atoms with van der Waals surface area (Å²) < 4.78 is 11.8. The van der Waals surface area contributed by atoms with Crippen molar-refractivity contribution in [1.82, 2.24) is 15.3 Å². The van der Waals surface area contributed by atoms with Crippen molar-refractivity contribution < 1.29 is 14.3 Å². The molecule has 1 aromatic heterocycles. The third-order valence-corrected chi connectivity index (χ3v) is 5.01. The molecule has 162 valence electrons. The van der Waals surface area contributed by atoms with E-state index in [2.05, 4.69) is 27.2 Å². The Kier molecular flexibility index (Phi) is 6.41. The smallest absolute Gasteiger partial charge is 0.246 e. The molecule has 3 N–H and O–H groups in total. The van der Waals surface area contributed by atoms with Gasteiger partial charge in [-0.2, -0.15) is 4.98 Å². The molecule has 0 bridgehead atoms. The van der Waals surface area contributed by atoms with Crippen molar-refractivity contribution in [3.63, 3.8) is 0 Å². The van der Waals surface area contributed by atoms with Crippen LogP contribution in [-0.2, 0) is 4.79 Å². The normalized spacial score (nSPS) is 16.9. The average Bonchev–Trinajstić information content (AvgIpc) is 2.80. The summed E-state index contributed by atoms with van der Waals surface area (Å²) in [4.78, 5) is 19.8. The van der Waals surface area contributed by atoms with E-state index in [-0.39, 0.29) is 18.0 Å². The van der Waals surface area contributed by atoms with E-state index in [9.17, 15) is 4.79 Å². The fourth-order valence-corrected chi connectivity index (χ4v) is 3.33. The molecule has 3 aromatic rings. The molecule has 0 saturated heterocycles. The summed E-state index contributed by atoms with van der Waals surface area (Å²) in [7, 11) is 0. The second-order valence-electron chi connectivity index (χ2n) is 7.29. The predicted molar refractivity (Wildman–Crippen MR) is 122 cm³/mol. The molecule has 1 aliphatic rings. The zero-order valence-electron chi connectivity index (χ0n) is 17.3. The molecule has 32 heavy (non-hydrogen) atoms. The van der Waals surface area contributed by atoms with Crippen molar-refractivity contribution in [2.75, 3.05) is 5.32 Å². The van der Waals surface area contributed by atoms with Crippen molar-refractivity contribution in [3.05, 3.63) is 79.3 Å². The molecule has 8 heteroatoms. The van der Waals surface area contributed by atoms with Crippen LogP contribution in [0, 0.1) is 5.41 Å². The highest BCUT2D eigenvalue weighted by Crippen LogP contribution is 2.33. The quantitative estimate of drug-likeness (QED) is 0.346. The van der Waals surface area contributed by atoms with Gasteiger partial charge in [0.15, 0.2) is 0 Å². The van der Waals surface area contributed by atoms with Gasteiger partial charge in [0, 0.05) is 18.3 Å². The SMILES string of the molecule is C=CC(=O)NC1CC(Nc2c(C=N)ncnc2Oc2ccc(Oc3ccccc3)cc2)C1. The number of anilines is 1. The third-order valence-electron chi connectivity index (χ3n) is 5.01. The van der Waals surface area contributed by atoms with Crippen LogP contribution < -0.4 is 20.1 Å². The van der Waals surface area contributed by atoms with Gasteiger partial charge in [0.2, 0.25) is 11.8 Å². The minimum atomic E-state index is -0.180. The molecule has 1 aliphatic carbocycles. The minimum absolute atomic E-state index is 0.0904. The second kappa shape index (κ2) is 9.74. The van der Waals surface area contributed by atoms with Gasteiger partial charge in [-0.15, -0.1) is 0 Å². The molecule has 1 heterocycles. The highest BCUT2D eigenvalue weighted by molar-refractivity contribution is 5.87. The number of rotatable bonds is 9. The van der Waals surface area contributed by atoms with E-state index < -0.39 is 0 Å². The number of ether oxygens (including phenoxy) is 2. The number of para-hydroxylation sites is 1. The molecular weight excluding hydrogens is 406 g/mol. The lowest BCUT2D eigenvalue weighted by Gasteiger charge is -2.37. The number of amides is 1. The largest absolute Gasteiger partial charge is 0.457 e. The van der Waals surface area contributed by atoms with Gasteiger partial charge in [0.1, 0.15) is 35.0 Å². The Labute approximate surface area is 185 Å². The van der Waals surface area contributed by atoms with Gasteiger partial charge < -0.3 is 25.5 Å². The van der Waals surface area contributed by atoms with E-state index in [1.807, 2.05) is 42.5 Å². The first-order valence-electron chi connectivity index (χ1n) is 10.2. The summed E-state index contributed by atoms with van der Waals surface area (Å²) in [6.45, 7) is 3.47. The number of hydrogen-bond acceptors (Lipinski definition) is 7. The maximum atomic E-state index is 11.4. The van der Waals surface area contributed by atoms with Crippen LogP contribution in [0.4, 0.5) is 5.69 Å². The second-order valence-corrected chi connectivity index (χ2v) is 7.29. The monoisotopic (exact) mass is 429 g/mol. The molecule has 0 atom stereocenters. The zero-order chi connectivity index (χ0) is 22.3. The number of hydrogen-bond donors (Lipinski definition) is 3. The molecule has 8 nitrogen and oxygen atoms in total. The maximum Gasteiger partial charge on any atom is 0.246 e. The van der Waals surface area contributed by atoms with Gasteiger partial charge in [-0.3, -0.25) is 4.79 Å². The van der Waals surface area contributed by atoms with E-state index in [4.69, 9.17) is 14.9 Å². The Morgan fingerprint density at radius 2 is 1.62 bits per heavy atom. The Morgan fingerprint density at radius 3 is 2.28 bits per heavy atom. The van der Waals surface area contributed by atoms with Gasteiger partial charge in [-0.1, -0.05) is 24.8 Å². The number of carbonyl (C=O) groups is 1. The lowest BCUT2D eigenvalue weighted by molar-refractivity contribution is -0.117. The van der Waals surface area contributed by atoms with Crippen molar-refractivity contribution in [1.29, 1.82) is 5.41 Å². The summed E-state index contributed by atoms with van der Waals surface area (Å²) >= 11 is 0. The molecule has 1 amide bonds. The van der Waals surface area contributed by atoms with E-state index in [1.54, 1.807) is 12.1 Å². The summed E-state index contributed by atoms with van der Waals surface area (Å²) in [6.07, 6.45) is 5.28. The Morgan fingerprint density at radius 1 is 0.969 bits per heavy atom. The van der Waals surface area contributed by atoms with Crippen LogP contribution >= 0.6 is 0 Å². The Bertz CT molecular complexity index is 1100. The summed E-state index contributed by atoms with van der Waals surface area (Å²) in [5, 5.41) is 13.9. The van der Waals surface area contributed by atoms with Gasteiger partial charge in [0.25, 0.3) is 0 Å². The first kappa shape index (κ1) is 21.0. The summed E-state index contributed by atoms with van der Waals surface area (Å²) in [5.74, 6) is 2.16. The summed E-state index contributed by atoms with van der Waals surface area (Å²) in [5.41, 5.74) is 0.975. The maximum absolute atomic E-state index is 11.4. The molecule has 1 fully saturated rings. The lowest BCUT2D eigenvalue weighted by atomic mass is 9.86. The standard InChI is InChI=1S/C24H23N5O3/c1-2-22(30)28-16-12-17(13-16)29-23-21(14-25)26-15-27-24(23)32-20-10-8-19(9-11-20)31-18-6-4-3-5-7-18/h2-11,14-17,25,29H,1,12-13H2,(H,28,30). The van der Waals surface area contributed by atoms with Crippen LogP contribution in [-0.4, -0.2) is 34.2 Å². The van der Waals surface area contributed by atoms with Crippen molar-refractivity contribution >= 4 is 17.8 Å². The van der Waals surface area contributed by atoms with Gasteiger partial charge in [-0.25, -0.2) is 4.98 Å². The Hall–Kier alpha value is -4.20. The van der Waals surface area contributed by atoms with Crippen molar-refractivity contribution in [2.24, 2.45) is 0 Å². The zero-order valence-corrected chi connectivity index (χ0v) is 17.3. The highest BCUT2D eigenvalue weighted by atomic mass is 16.5. The van der Waals surface area contributed by atoms with E-state index >= 15 is 0 Å². The van der Waals surface area contributed by atoms with Gasteiger partial charge >= 0.3 is 0 Å². The van der Waals surface area contributed by atoms with E-state index in [0.29, 0.717) is 28.8 Å². The Balaban J connectivity index is 1.43. The van der Waals surface area contributed by atoms with E-state index in [0.717, 1.165) is 24.8 Å². The number of aromatic nitrogens is 2. The van der Waals surface area contributed by atoms with Crippen molar-refractivity contribution in [2.45, 2.75) is 24.9 Å². The van der Waals surface area contributed by atoms with Gasteiger partial charge in [0.05, 0.1) is 0 Å². The third kappa shape index (κ3) is 5.10. The molecule has 0 radical (unpaired) electrons. The fraction of sp³-hybridized carbons (Fsp3) is 0.167. The summed E-state index contributed by atoms with van der Waals surface area (Å²) in [6, 6.07) is 16.9. The fourth-order valence-electron chi connectivity index (χ4n) is 3.33. The van der Waals surface area contributed by atoms with E-state index in [1.165, 1.54) is 12.4 Å². The molecule has 0 unspecified atom stereocenters. The van der Waals surface area contributed by atoms with Crippen LogP contribution in [0.5, 0.6) is 23.1 Å². The molecule has 2 aromatic carbocycles. The minimum Gasteiger partial charge on any atom is -0.457 e. The molecule has 4 rings (SSSR count). The number of nitrogens with zero attached hydrogens (tertiary/aromatic N) is 2. The van der Waals surface area contributed by atoms with Crippen LogP contribution in [0.1, 0.15) is 18.5 Å². The number of benzene rings is 2. The predicted octanol–water partition coefficient (Wildman–Crippen LogP) is 4.30. The first-order valence-corrected chi connectivity index (χ1v) is 10.2. The van der Waals surface area contributed by atoms with Gasteiger partial charge in [-0.05, 0) is 55.3 Å². The molecule has 1 saturated carbocycles. The molecular formula is C24H23N5O3. The van der Waals surface area contributed by atoms with Crippen LogP contribution in [0.25, 0.3) is 0 Å². The first-order chi connectivity index (χ1) is 15.6. The topological polar surface area (TPSA) is 109 Å². The van der Waals surface area contributed by atoms with Crippen LogP contribution in [0.15, 0.2) is 73.6 Å². The number of nitrogens with one attached hydrogen (secondary N) is 3. The highest BCUT2D eigenvalue weighted by Gasteiger charge is 2.31. The van der Waals surface area contributed by atoms with Crippen molar-refractivity contribution in [3.8, 4) is 23.1 Å². The molecule has 0 spiro atoms. The lowest BCUT2D eigenvalue weighted by Crippen LogP contribution is -2.49. The van der Waals surface area contributed by atoms with Crippen LogP contribution in [0.2, 0.25) is 0 Å². The number of carbonyl (C=O) groups excluding carboxylic acids is 1. The molecule has 0 aliphatic heterocycles. The average molecular weight is 429 g/mol.